The van der Waals surface area contributed by atoms with Gasteiger partial charge >= 0.3 is 0 Å². The molecule has 0 N–H and O–H groups in total. The second-order valence-electron chi connectivity index (χ2n) is 6.72. The minimum atomic E-state index is -0.616. The van der Waals surface area contributed by atoms with E-state index in [9.17, 15) is 9.59 Å². The summed E-state index contributed by atoms with van der Waals surface area (Å²) >= 11 is 0. The van der Waals surface area contributed by atoms with Gasteiger partial charge in [-0.2, -0.15) is 0 Å². The molecule has 0 aliphatic carbocycles. The number of rotatable bonds is 5. The van der Waals surface area contributed by atoms with Crippen LogP contribution < -0.4 is 14.4 Å². The number of anilines is 1. The number of fused-ring (bicyclic) bond motifs is 1. The number of aryl methyl sites for hydroxylation is 1. The number of hydrogen-bond donors (Lipinski definition) is 0. The van der Waals surface area contributed by atoms with E-state index in [1.807, 2.05) is 37.3 Å². The Kier molecular flexibility index (Phi) is 5.35. The lowest BCUT2D eigenvalue weighted by Crippen LogP contribution is -2.48. The fourth-order valence-corrected chi connectivity index (χ4v) is 3.15. The predicted molar refractivity (Wildman–Crippen MR) is 103 cm³/mol. The molecule has 0 aromatic heterocycles. The van der Waals surface area contributed by atoms with Gasteiger partial charge in [-0.15, -0.1) is 0 Å². The molecule has 1 unspecified atom stereocenters. The Bertz CT molecular complexity index is 865. The van der Waals surface area contributed by atoms with Gasteiger partial charge in [0, 0.05) is 19.2 Å². The molecular weight excluding hydrogens is 344 g/mol. The van der Waals surface area contributed by atoms with Crippen molar-refractivity contribution in [2.45, 2.75) is 26.5 Å². The number of para-hydroxylation sites is 2. The van der Waals surface area contributed by atoms with Crippen molar-refractivity contribution in [2.75, 3.05) is 25.6 Å². The van der Waals surface area contributed by atoms with Crippen LogP contribution >= 0.6 is 0 Å². The quantitative estimate of drug-likeness (QED) is 0.814. The van der Waals surface area contributed by atoms with Gasteiger partial charge in [-0.05, 0) is 32.0 Å². The molecule has 27 heavy (non-hydrogen) atoms. The Morgan fingerprint density at radius 2 is 2.00 bits per heavy atom. The lowest BCUT2D eigenvalue weighted by Gasteiger charge is -2.33. The largest absolute Gasteiger partial charge is 0.496 e. The topological polar surface area (TPSA) is 59.1 Å². The smallest absolute Gasteiger partial charge is 0.268 e. The first-order chi connectivity index (χ1) is 12.9. The highest BCUT2D eigenvalue weighted by atomic mass is 16.5. The molecule has 0 saturated heterocycles. The molecule has 0 spiro atoms. The molecule has 2 aromatic rings. The first-order valence-corrected chi connectivity index (χ1v) is 8.85. The van der Waals surface area contributed by atoms with Crippen LogP contribution in [0.4, 0.5) is 5.69 Å². The highest BCUT2D eigenvalue weighted by Gasteiger charge is 2.33. The summed E-state index contributed by atoms with van der Waals surface area (Å²) in [6.45, 7) is 4.06. The van der Waals surface area contributed by atoms with E-state index in [0.29, 0.717) is 18.0 Å². The van der Waals surface area contributed by atoms with Crippen LogP contribution in [0.2, 0.25) is 0 Å². The van der Waals surface area contributed by atoms with Crippen LogP contribution in [0.25, 0.3) is 0 Å². The molecule has 6 nitrogen and oxygen atoms in total. The molecule has 0 fully saturated rings. The minimum Gasteiger partial charge on any atom is -0.496 e. The zero-order chi connectivity index (χ0) is 19.6. The van der Waals surface area contributed by atoms with E-state index >= 15 is 0 Å². The molecule has 1 atom stereocenters. The molecule has 142 valence electrons. The van der Waals surface area contributed by atoms with Gasteiger partial charge in [0.25, 0.3) is 5.91 Å². The van der Waals surface area contributed by atoms with Crippen molar-refractivity contribution in [2.24, 2.45) is 0 Å². The SMILES string of the molecule is COc1ccc(C)cc1CN(C)C(=O)CN1C(=O)C(C)Oc2ccccc21. The van der Waals surface area contributed by atoms with E-state index in [1.54, 1.807) is 38.1 Å². The zero-order valence-corrected chi connectivity index (χ0v) is 16.1. The number of ether oxygens (including phenoxy) is 2. The average Bonchev–Trinajstić information content (AvgIpc) is 2.65. The summed E-state index contributed by atoms with van der Waals surface area (Å²) in [6.07, 6.45) is -0.616. The lowest BCUT2D eigenvalue weighted by molar-refractivity contribution is -0.132. The van der Waals surface area contributed by atoms with Gasteiger partial charge < -0.3 is 14.4 Å². The number of methoxy groups -OCH3 is 1. The molecule has 2 aromatic carbocycles. The number of nitrogens with zero attached hydrogens (tertiary/aromatic N) is 2. The number of likely N-dealkylation sites (N-methyl/N-ethyl adjacent to an activating group) is 1. The Balaban J connectivity index is 1.77. The monoisotopic (exact) mass is 368 g/mol. The second-order valence-corrected chi connectivity index (χ2v) is 6.72. The van der Waals surface area contributed by atoms with Crippen molar-refractivity contribution in [3.8, 4) is 11.5 Å². The number of amides is 2. The van der Waals surface area contributed by atoms with Gasteiger partial charge in [-0.3, -0.25) is 14.5 Å². The van der Waals surface area contributed by atoms with Crippen LogP contribution in [-0.2, 0) is 16.1 Å². The highest BCUT2D eigenvalue weighted by molar-refractivity contribution is 6.03. The first-order valence-electron chi connectivity index (χ1n) is 8.85. The van der Waals surface area contributed by atoms with Crippen molar-refractivity contribution in [3.05, 3.63) is 53.6 Å². The van der Waals surface area contributed by atoms with Gasteiger partial charge in [-0.1, -0.05) is 29.8 Å². The fraction of sp³-hybridized carbons (Fsp3) is 0.333. The maximum absolute atomic E-state index is 12.8. The summed E-state index contributed by atoms with van der Waals surface area (Å²) in [5.41, 5.74) is 2.64. The second kappa shape index (κ2) is 7.70. The third-order valence-corrected chi connectivity index (χ3v) is 4.64. The van der Waals surface area contributed by atoms with Crippen LogP contribution in [0.1, 0.15) is 18.1 Å². The van der Waals surface area contributed by atoms with Gasteiger partial charge in [0.1, 0.15) is 18.0 Å². The zero-order valence-electron chi connectivity index (χ0n) is 16.1. The summed E-state index contributed by atoms with van der Waals surface area (Å²) in [5, 5.41) is 0. The standard InChI is InChI=1S/C21H24N2O4/c1-14-9-10-18(26-4)16(11-14)12-22(3)20(24)13-23-17-7-5-6-8-19(17)27-15(2)21(23)25/h5-11,15H,12-13H2,1-4H3. The summed E-state index contributed by atoms with van der Waals surface area (Å²) in [4.78, 5) is 28.5. The molecule has 0 saturated carbocycles. The van der Waals surface area contributed by atoms with E-state index in [1.165, 1.54) is 4.90 Å². The molecule has 3 rings (SSSR count). The van der Waals surface area contributed by atoms with Crippen LogP contribution in [0.5, 0.6) is 11.5 Å². The van der Waals surface area contributed by atoms with E-state index < -0.39 is 6.10 Å². The third-order valence-electron chi connectivity index (χ3n) is 4.64. The number of carbonyl (C=O) groups is 2. The summed E-state index contributed by atoms with van der Waals surface area (Å²) < 4.78 is 11.0. The predicted octanol–water partition coefficient (Wildman–Crippen LogP) is 2.78. The summed E-state index contributed by atoms with van der Waals surface area (Å²) in [5.74, 6) is 0.974. The van der Waals surface area contributed by atoms with Gasteiger partial charge in [0.05, 0.1) is 12.8 Å². The van der Waals surface area contributed by atoms with Gasteiger partial charge in [0.15, 0.2) is 6.10 Å². The van der Waals surface area contributed by atoms with Crippen LogP contribution in [0.3, 0.4) is 0 Å². The molecule has 1 aliphatic heterocycles. The van der Waals surface area contributed by atoms with Crippen molar-refractivity contribution >= 4 is 17.5 Å². The Labute approximate surface area is 159 Å². The van der Waals surface area contributed by atoms with Gasteiger partial charge in [0.2, 0.25) is 5.91 Å². The third kappa shape index (κ3) is 3.89. The Morgan fingerprint density at radius 3 is 2.74 bits per heavy atom. The summed E-state index contributed by atoms with van der Waals surface area (Å²) in [7, 11) is 3.34. The van der Waals surface area contributed by atoms with Gasteiger partial charge in [-0.25, -0.2) is 0 Å². The molecule has 0 bridgehead atoms. The van der Waals surface area contributed by atoms with E-state index in [-0.39, 0.29) is 18.4 Å². The van der Waals surface area contributed by atoms with Crippen molar-refractivity contribution in [1.82, 2.24) is 4.90 Å². The summed E-state index contributed by atoms with van der Waals surface area (Å²) in [6, 6.07) is 13.1. The average molecular weight is 368 g/mol. The number of carbonyl (C=O) groups excluding carboxylic acids is 2. The number of hydrogen-bond acceptors (Lipinski definition) is 4. The molecule has 1 aliphatic rings. The highest BCUT2D eigenvalue weighted by Crippen LogP contribution is 2.33. The van der Waals surface area contributed by atoms with E-state index in [0.717, 1.165) is 16.9 Å². The normalized spacial score (nSPS) is 15.8. The van der Waals surface area contributed by atoms with Crippen molar-refractivity contribution in [3.63, 3.8) is 0 Å². The molecule has 6 heteroatoms. The molecule has 1 heterocycles. The Hall–Kier alpha value is -3.02. The van der Waals surface area contributed by atoms with Crippen molar-refractivity contribution in [1.29, 1.82) is 0 Å². The maximum atomic E-state index is 12.8. The fourth-order valence-electron chi connectivity index (χ4n) is 3.15. The first kappa shape index (κ1) is 18.8. The van der Waals surface area contributed by atoms with Crippen LogP contribution in [-0.4, -0.2) is 43.5 Å². The van der Waals surface area contributed by atoms with Crippen molar-refractivity contribution < 1.29 is 19.1 Å². The number of benzene rings is 2. The molecule has 2 amide bonds. The molecular formula is C21H24N2O4. The van der Waals surface area contributed by atoms with Crippen LogP contribution in [0, 0.1) is 6.92 Å². The minimum absolute atomic E-state index is 0.0336. The Morgan fingerprint density at radius 1 is 1.26 bits per heavy atom. The van der Waals surface area contributed by atoms with Crippen LogP contribution in [0.15, 0.2) is 42.5 Å². The van der Waals surface area contributed by atoms with E-state index in [2.05, 4.69) is 0 Å². The molecule has 0 radical (unpaired) electrons. The van der Waals surface area contributed by atoms with E-state index in [4.69, 9.17) is 9.47 Å². The lowest BCUT2D eigenvalue weighted by atomic mass is 10.1. The maximum Gasteiger partial charge on any atom is 0.268 e.